The first kappa shape index (κ1) is 33.2. The number of fused-ring (bicyclic) bond motifs is 6. The number of hydrogen-bond donors (Lipinski definition) is 0. The average Bonchev–Trinajstić information content (AvgIpc) is 3.50. The van der Waals surface area contributed by atoms with Crippen LogP contribution in [0, 0.1) is 0 Å². The maximum absolute atomic E-state index is 5.18. The Balaban J connectivity index is 1.14. The van der Waals surface area contributed by atoms with Crippen LogP contribution in [0.3, 0.4) is 0 Å². The molecule has 2 heteroatoms. The van der Waals surface area contributed by atoms with Gasteiger partial charge in [-0.1, -0.05) is 184 Å². The predicted molar refractivity (Wildman–Crippen MR) is 239 cm³/mol. The van der Waals surface area contributed by atoms with Crippen molar-refractivity contribution in [3.63, 3.8) is 0 Å². The number of hydrogen-bond acceptors (Lipinski definition) is 2. The van der Waals surface area contributed by atoms with Crippen LogP contribution in [0.1, 0.15) is 25.0 Å². The molecule has 0 saturated carbocycles. The first-order chi connectivity index (χ1) is 28.0. The van der Waals surface area contributed by atoms with E-state index in [-0.39, 0.29) is 5.41 Å². The molecular formula is C55H38N2. The summed E-state index contributed by atoms with van der Waals surface area (Å²) >= 11 is 0. The lowest BCUT2D eigenvalue weighted by atomic mass is 9.80. The van der Waals surface area contributed by atoms with Crippen molar-refractivity contribution in [1.29, 1.82) is 0 Å². The average molecular weight is 727 g/mol. The van der Waals surface area contributed by atoms with E-state index < -0.39 is 0 Å². The topological polar surface area (TPSA) is 25.8 Å². The first-order valence-electron chi connectivity index (χ1n) is 19.7. The summed E-state index contributed by atoms with van der Waals surface area (Å²) in [5.74, 6) is 0.714. The molecular weight excluding hydrogens is 689 g/mol. The van der Waals surface area contributed by atoms with E-state index in [1.165, 1.54) is 71.3 Å². The fourth-order valence-corrected chi connectivity index (χ4v) is 9.31. The molecule has 0 aliphatic heterocycles. The summed E-state index contributed by atoms with van der Waals surface area (Å²) in [6.07, 6.45) is 0. The van der Waals surface area contributed by atoms with E-state index in [1.54, 1.807) is 0 Å². The van der Waals surface area contributed by atoms with Gasteiger partial charge in [-0.25, -0.2) is 9.97 Å². The molecule has 0 amide bonds. The fraction of sp³-hybridized carbons (Fsp3) is 0.0545. The Labute approximate surface area is 332 Å². The molecule has 10 aromatic rings. The molecule has 9 aromatic carbocycles. The quantitative estimate of drug-likeness (QED) is 0.165. The number of rotatable bonds is 5. The van der Waals surface area contributed by atoms with Gasteiger partial charge in [0.1, 0.15) is 0 Å². The summed E-state index contributed by atoms with van der Waals surface area (Å²) < 4.78 is 0. The van der Waals surface area contributed by atoms with Crippen molar-refractivity contribution in [3.05, 3.63) is 205 Å². The Morgan fingerprint density at radius 1 is 0.333 bits per heavy atom. The summed E-state index contributed by atoms with van der Waals surface area (Å²) in [7, 11) is 0. The van der Waals surface area contributed by atoms with Crippen molar-refractivity contribution in [3.8, 4) is 67.3 Å². The monoisotopic (exact) mass is 726 g/mol. The maximum atomic E-state index is 5.18. The second-order valence-electron chi connectivity index (χ2n) is 15.7. The van der Waals surface area contributed by atoms with Gasteiger partial charge in [0.05, 0.1) is 11.4 Å². The highest BCUT2D eigenvalue weighted by Gasteiger charge is 2.37. The Kier molecular flexibility index (Phi) is 7.55. The van der Waals surface area contributed by atoms with Crippen molar-refractivity contribution < 1.29 is 0 Å². The van der Waals surface area contributed by atoms with Crippen LogP contribution < -0.4 is 0 Å². The van der Waals surface area contributed by atoms with Gasteiger partial charge in [-0.3, -0.25) is 0 Å². The van der Waals surface area contributed by atoms with Gasteiger partial charge in [0, 0.05) is 22.1 Å². The van der Waals surface area contributed by atoms with Crippen LogP contribution in [-0.4, -0.2) is 9.97 Å². The van der Waals surface area contributed by atoms with Crippen molar-refractivity contribution in [2.75, 3.05) is 0 Å². The fourth-order valence-electron chi connectivity index (χ4n) is 9.31. The van der Waals surface area contributed by atoms with E-state index in [0.717, 1.165) is 33.6 Å². The minimum absolute atomic E-state index is 0.127. The molecule has 0 atom stereocenters. The van der Waals surface area contributed by atoms with Crippen LogP contribution in [-0.2, 0) is 5.41 Å². The van der Waals surface area contributed by atoms with Crippen molar-refractivity contribution in [2.45, 2.75) is 19.3 Å². The minimum atomic E-state index is -0.127. The number of benzene rings is 9. The third-order valence-electron chi connectivity index (χ3n) is 12.0. The van der Waals surface area contributed by atoms with Crippen LogP contribution in [0.5, 0.6) is 0 Å². The summed E-state index contributed by atoms with van der Waals surface area (Å²) in [4.78, 5) is 10.2. The van der Waals surface area contributed by atoms with E-state index in [9.17, 15) is 0 Å². The van der Waals surface area contributed by atoms with E-state index in [2.05, 4.69) is 184 Å². The number of aromatic nitrogens is 2. The highest BCUT2D eigenvalue weighted by molar-refractivity contribution is 6.23. The van der Waals surface area contributed by atoms with Crippen LogP contribution in [0.4, 0.5) is 0 Å². The van der Waals surface area contributed by atoms with Gasteiger partial charge in [-0.15, -0.1) is 0 Å². The van der Waals surface area contributed by atoms with Crippen LogP contribution in [0.15, 0.2) is 194 Å². The number of nitrogens with zero attached hydrogens (tertiary/aromatic N) is 2. The lowest BCUT2D eigenvalue weighted by Gasteiger charge is -2.23. The molecule has 1 aliphatic carbocycles. The molecule has 1 aliphatic rings. The SMILES string of the molecule is CC1(C)c2cc3ccccc3cc2-c2c(-c3c4ccccc4c(-c4cccc(-c5cc(-c6ccccc6)nc(-c6ccccc6)n5)c4)c4ccccc34)cccc21. The smallest absolute Gasteiger partial charge is 0.160 e. The maximum Gasteiger partial charge on any atom is 0.160 e. The molecule has 1 heterocycles. The van der Waals surface area contributed by atoms with Gasteiger partial charge in [-0.05, 0) is 101 Å². The summed E-state index contributed by atoms with van der Waals surface area (Å²) in [6, 6.07) is 70.2. The van der Waals surface area contributed by atoms with E-state index in [0.29, 0.717) is 5.82 Å². The van der Waals surface area contributed by atoms with Crippen molar-refractivity contribution >= 4 is 32.3 Å². The summed E-state index contributed by atoms with van der Waals surface area (Å²) in [5.41, 5.74) is 15.2. The van der Waals surface area contributed by atoms with Gasteiger partial charge in [0.25, 0.3) is 0 Å². The van der Waals surface area contributed by atoms with Crippen molar-refractivity contribution in [2.24, 2.45) is 0 Å². The second kappa shape index (κ2) is 13.0. The first-order valence-corrected chi connectivity index (χ1v) is 19.7. The standard InChI is InChI=1S/C55H38N2/c1-55(2)47-30-16-29-45(53(47)46-32-37-21-9-10-22-38(37)33-48(46)55)52-43-27-13-11-25-41(43)51(42-26-12-14-28-44(42)52)40-24-15-23-39(31-40)50-34-49(35-17-5-3-6-18-35)56-54(57-50)36-19-7-4-8-20-36/h3-34H,1-2H3. The molecule has 0 saturated heterocycles. The third-order valence-corrected chi connectivity index (χ3v) is 12.0. The van der Waals surface area contributed by atoms with Crippen molar-refractivity contribution in [1.82, 2.24) is 9.97 Å². The van der Waals surface area contributed by atoms with Gasteiger partial charge in [0.15, 0.2) is 5.82 Å². The highest BCUT2D eigenvalue weighted by atomic mass is 14.9. The largest absolute Gasteiger partial charge is 0.228 e. The van der Waals surface area contributed by atoms with Crippen LogP contribution in [0.2, 0.25) is 0 Å². The third kappa shape index (κ3) is 5.33. The minimum Gasteiger partial charge on any atom is -0.228 e. The zero-order valence-corrected chi connectivity index (χ0v) is 31.9. The summed E-state index contributed by atoms with van der Waals surface area (Å²) in [5, 5.41) is 7.52. The molecule has 0 bridgehead atoms. The Morgan fingerprint density at radius 3 is 1.51 bits per heavy atom. The molecule has 0 fully saturated rings. The van der Waals surface area contributed by atoms with Gasteiger partial charge in [-0.2, -0.15) is 0 Å². The normalized spacial score (nSPS) is 12.9. The molecule has 0 spiro atoms. The van der Waals surface area contributed by atoms with E-state index >= 15 is 0 Å². The van der Waals surface area contributed by atoms with Gasteiger partial charge in [0.2, 0.25) is 0 Å². The molecule has 57 heavy (non-hydrogen) atoms. The van der Waals surface area contributed by atoms with E-state index in [1.807, 2.05) is 24.3 Å². The zero-order valence-electron chi connectivity index (χ0n) is 31.9. The lowest BCUT2D eigenvalue weighted by Crippen LogP contribution is -2.14. The van der Waals surface area contributed by atoms with E-state index in [4.69, 9.17) is 9.97 Å². The molecule has 1 aromatic heterocycles. The Bertz CT molecular complexity index is 3080. The predicted octanol–water partition coefficient (Wildman–Crippen LogP) is 14.6. The van der Waals surface area contributed by atoms with Gasteiger partial charge >= 0.3 is 0 Å². The molecule has 2 nitrogen and oxygen atoms in total. The highest BCUT2D eigenvalue weighted by Crippen LogP contribution is 2.55. The van der Waals surface area contributed by atoms with Crippen LogP contribution in [0.25, 0.3) is 99.6 Å². The summed E-state index contributed by atoms with van der Waals surface area (Å²) in [6.45, 7) is 4.76. The molecule has 0 N–H and O–H groups in total. The Hall–Kier alpha value is -7.16. The second-order valence-corrected chi connectivity index (χ2v) is 15.7. The molecule has 0 unspecified atom stereocenters. The molecule has 11 rings (SSSR count). The zero-order chi connectivity index (χ0) is 38.1. The Morgan fingerprint density at radius 2 is 0.842 bits per heavy atom. The molecule has 268 valence electrons. The van der Waals surface area contributed by atoms with Crippen LogP contribution >= 0.6 is 0 Å². The lowest BCUT2D eigenvalue weighted by molar-refractivity contribution is 0.661. The molecule has 0 radical (unpaired) electrons. The van der Waals surface area contributed by atoms with Gasteiger partial charge < -0.3 is 0 Å².